The van der Waals surface area contributed by atoms with E-state index in [9.17, 15) is 0 Å². The molecule has 2 aromatic heterocycles. The lowest BCUT2D eigenvalue weighted by Gasteiger charge is -2.46. The summed E-state index contributed by atoms with van der Waals surface area (Å²) < 4.78 is 6.08. The van der Waals surface area contributed by atoms with Crippen molar-refractivity contribution in [1.29, 1.82) is 0 Å². The van der Waals surface area contributed by atoms with Gasteiger partial charge in [-0.3, -0.25) is 0 Å². The number of ether oxygens (including phenoxy) is 1. The molecule has 4 fully saturated rings. The Kier molecular flexibility index (Phi) is 5.47. The van der Waals surface area contributed by atoms with Crippen LogP contribution < -0.4 is 20.3 Å². The number of hydrogen-bond acceptors (Lipinski definition) is 7. The molecule has 2 N–H and O–H groups in total. The maximum atomic E-state index is 6.40. The van der Waals surface area contributed by atoms with Crippen LogP contribution in [0, 0.1) is 6.92 Å². The van der Waals surface area contributed by atoms with Gasteiger partial charge in [0.25, 0.3) is 0 Å². The van der Waals surface area contributed by atoms with E-state index < -0.39 is 0 Å². The summed E-state index contributed by atoms with van der Waals surface area (Å²) in [4.78, 5) is 9.50. The highest BCUT2D eigenvalue weighted by atomic mass is 16.5. The molecule has 176 valence electrons. The van der Waals surface area contributed by atoms with Crippen LogP contribution in [0.3, 0.4) is 0 Å². The Morgan fingerprint density at radius 2 is 1.68 bits per heavy atom. The van der Waals surface area contributed by atoms with E-state index in [1.165, 1.54) is 24.1 Å². The van der Waals surface area contributed by atoms with E-state index in [1.807, 2.05) is 12.3 Å². The van der Waals surface area contributed by atoms with Crippen LogP contribution in [0.25, 0.3) is 11.3 Å². The van der Waals surface area contributed by atoms with Gasteiger partial charge in [0.1, 0.15) is 6.10 Å². The van der Waals surface area contributed by atoms with Crippen LogP contribution in [0.1, 0.15) is 44.1 Å². The SMILES string of the molecule is Cc1ccccc1-c1cc(N2CC3CCCC2CN3c2ccnc(OC3CCC3)c2)c(N)nn1. The largest absolute Gasteiger partial charge is 0.474 e. The maximum Gasteiger partial charge on any atom is 0.215 e. The molecule has 1 aliphatic carbocycles. The molecule has 7 nitrogen and oxygen atoms in total. The predicted octanol–water partition coefficient (Wildman–Crippen LogP) is 4.61. The average Bonchev–Trinajstić information content (AvgIpc) is 3.16. The number of nitrogens with zero attached hydrogens (tertiary/aromatic N) is 5. The van der Waals surface area contributed by atoms with Gasteiger partial charge < -0.3 is 20.3 Å². The summed E-state index contributed by atoms with van der Waals surface area (Å²) in [7, 11) is 0. The number of hydrogen-bond donors (Lipinski definition) is 1. The summed E-state index contributed by atoms with van der Waals surface area (Å²) in [5.41, 5.74) is 11.8. The maximum absolute atomic E-state index is 6.40. The fourth-order valence-electron chi connectivity index (χ4n) is 5.56. The van der Waals surface area contributed by atoms with Crippen molar-refractivity contribution < 1.29 is 4.74 Å². The van der Waals surface area contributed by atoms with Gasteiger partial charge in [0.15, 0.2) is 5.82 Å². The van der Waals surface area contributed by atoms with E-state index >= 15 is 0 Å². The van der Waals surface area contributed by atoms with E-state index in [-0.39, 0.29) is 0 Å². The van der Waals surface area contributed by atoms with Crippen molar-refractivity contribution in [2.24, 2.45) is 0 Å². The standard InChI is InChI=1S/C27H32N6O/c1-18-6-2-3-11-23(18)24-15-25(27(28)31-30-24)33-17-20-7-4-8-21(33)16-32(20)19-12-13-29-26(14-19)34-22-9-5-10-22/h2-3,6,11-15,20-22H,4-5,7-10,16-17H2,1H3,(H2,28,31). The van der Waals surface area contributed by atoms with Crippen molar-refractivity contribution in [2.45, 2.75) is 63.6 Å². The zero-order valence-electron chi connectivity index (χ0n) is 19.7. The van der Waals surface area contributed by atoms with Gasteiger partial charge in [-0.15, -0.1) is 10.2 Å². The van der Waals surface area contributed by atoms with Crippen molar-refractivity contribution in [3.8, 4) is 17.1 Å². The van der Waals surface area contributed by atoms with E-state index in [0.29, 0.717) is 24.0 Å². The summed E-state index contributed by atoms with van der Waals surface area (Å²) in [5, 5.41) is 8.79. The molecule has 7 heteroatoms. The number of anilines is 3. The first kappa shape index (κ1) is 21.2. The highest BCUT2D eigenvalue weighted by Crippen LogP contribution is 2.38. The van der Waals surface area contributed by atoms with Crippen LogP contribution in [0.5, 0.6) is 5.88 Å². The van der Waals surface area contributed by atoms with E-state index in [1.54, 1.807) is 0 Å². The number of aryl methyl sites for hydroxylation is 1. The lowest BCUT2D eigenvalue weighted by atomic mass is 9.96. The van der Waals surface area contributed by atoms with E-state index in [2.05, 4.69) is 68.3 Å². The monoisotopic (exact) mass is 456 g/mol. The average molecular weight is 457 g/mol. The molecular formula is C27H32N6O. The fraction of sp³-hybridized carbons (Fsp3) is 0.444. The lowest BCUT2D eigenvalue weighted by molar-refractivity contribution is 0.114. The Morgan fingerprint density at radius 3 is 2.47 bits per heavy atom. The molecule has 1 aromatic carbocycles. The Balaban J connectivity index is 1.27. The van der Waals surface area contributed by atoms with Crippen molar-refractivity contribution >= 4 is 17.2 Å². The zero-order chi connectivity index (χ0) is 23.1. The topological polar surface area (TPSA) is 80.4 Å². The van der Waals surface area contributed by atoms with Crippen LogP contribution in [0.4, 0.5) is 17.2 Å². The number of benzene rings is 1. The van der Waals surface area contributed by atoms with E-state index in [4.69, 9.17) is 10.5 Å². The van der Waals surface area contributed by atoms with Crippen LogP contribution >= 0.6 is 0 Å². The van der Waals surface area contributed by atoms with Gasteiger partial charge in [-0.25, -0.2) is 4.98 Å². The van der Waals surface area contributed by atoms with Crippen molar-refractivity contribution in [3.63, 3.8) is 0 Å². The molecule has 5 heterocycles. The molecule has 2 atom stereocenters. The van der Waals surface area contributed by atoms with Crippen molar-refractivity contribution in [2.75, 3.05) is 28.6 Å². The van der Waals surface area contributed by atoms with E-state index in [0.717, 1.165) is 61.6 Å². The minimum Gasteiger partial charge on any atom is -0.474 e. The first-order valence-electron chi connectivity index (χ1n) is 12.5. The minimum absolute atomic E-state index is 0.337. The summed E-state index contributed by atoms with van der Waals surface area (Å²) in [6.07, 6.45) is 9.28. The quantitative estimate of drug-likeness (QED) is 0.600. The number of pyridine rings is 1. The zero-order valence-corrected chi connectivity index (χ0v) is 19.7. The molecule has 3 aliphatic heterocycles. The number of nitrogen functional groups attached to an aromatic ring is 1. The summed E-state index contributed by atoms with van der Waals surface area (Å²) >= 11 is 0. The Hall–Kier alpha value is -3.35. The summed E-state index contributed by atoms with van der Waals surface area (Å²) in [5.74, 6) is 1.26. The van der Waals surface area contributed by atoms with Gasteiger partial charge in [0, 0.05) is 48.7 Å². The Labute approximate surface area is 201 Å². The molecule has 0 radical (unpaired) electrons. The second kappa shape index (κ2) is 8.78. The van der Waals surface area contributed by atoms with Gasteiger partial charge in [0.2, 0.25) is 5.88 Å². The molecule has 0 spiro atoms. The first-order chi connectivity index (χ1) is 16.7. The Morgan fingerprint density at radius 1 is 0.912 bits per heavy atom. The highest BCUT2D eigenvalue weighted by Gasteiger charge is 2.38. The molecule has 34 heavy (non-hydrogen) atoms. The van der Waals surface area contributed by atoms with Gasteiger partial charge in [-0.1, -0.05) is 24.3 Å². The molecule has 0 amide bonds. The molecule has 7 rings (SSSR count). The van der Waals surface area contributed by atoms with Crippen LogP contribution in [-0.4, -0.2) is 46.5 Å². The van der Waals surface area contributed by atoms with Gasteiger partial charge in [-0.2, -0.15) is 0 Å². The third-order valence-corrected chi connectivity index (χ3v) is 7.69. The number of nitrogens with two attached hydrogens (primary N) is 1. The second-order valence-corrected chi connectivity index (χ2v) is 9.88. The minimum atomic E-state index is 0.337. The number of piperazine rings is 1. The third-order valence-electron chi connectivity index (χ3n) is 7.69. The smallest absolute Gasteiger partial charge is 0.215 e. The Bertz CT molecular complexity index is 1180. The highest BCUT2D eigenvalue weighted by molar-refractivity contribution is 5.73. The predicted molar refractivity (Wildman–Crippen MR) is 135 cm³/mol. The molecule has 3 aromatic rings. The van der Waals surface area contributed by atoms with Gasteiger partial charge in [-0.05, 0) is 63.1 Å². The van der Waals surface area contributed by atoms with Crippen LogP contribution in [-0.2, 0) is 0 Å². The first-order valence-corrected chi connectivity index (χ1v) is 12.5. The normalized spacial score (nSPS) is 22.4. The van der Waals surface area contributed by atoms with Crippen molar-refractivity contribution in [1.82, 2.24) is 15.2 Å². The summed E-state index contributed by atoms with van der Waals surface area (Å²) in [6.45, 7) is 3.99. The fourth-order valence-corrected chi connectivity index (χ4v) is 5.56. The number of aromatic nitrogens is 3. The number of rotatable bonds is 5. The molecule has 2 unspecified atom stereocenters. The molecule has 4 aliphatic rings. The van der Waals surface area contributed by atoms with Crippen LogP contribution in [0.2, 0.25) is 0 Å². The van der Waals surface area contributed by atoms with Gasteiger partial charge in [0.05, 0.1) is 11.4 Å². The lowest BCUT2D eigenvalue weighted by Crippen LogP contribution is -2.57. The molecule has 3 saturated heterocycles. The van der Waals surface area contributed by atoms with Crippen LogP contribution in [0.15, 0.2) is 48.7 Å². The molecular weight excluding hydrogens is 424 g/mol. The number of fused-ring (bicyclic) bond motifs is 4. The molecule has 1 saturated carbocycles. The van der Waals surface area contributed by atoms with Gasteiger partial charge >= 0.3 is 0 Å². The third kappa shape index (κ3) is 3.93. The van der Waals surface area contributed by atoms with Crippen molar-refractivity contribution in [3.05, 3.63) is 54.2 Å². The summed E-state index contributed by atoms with van der Waals surface area (Å²) in [6, 6.07) is 15.5. The second-order valence-electron chi connectivity index (χ2n) is 9.88. The molecule has 2 bridgehead atoms.